The van der Waals surface area contributed by atoms with E-state index in [4.69, 9.17) is 5.84 Å². The molecule has 1 heterocycles. The van der Waals surface area contributed by atoms with Crippen molar-refractivity contribution in [2.24, 2.45) is 5.84 Å². The standard InChI is InChI=1S/C6H12F2N4O2/c1-12-6(13-3-7,14-4-8)2-5(10-9)11-12/h2,10-11H,3-4,9H2,1H3. The highest BCUT2D eigenvalue weighted by Crippen LogP contribution is 2.24. The van der Waals surface area contributed by atoms with Crippen LogP contribution in [0, 0.1) is 0 Å². The fourth-order valence-corrected chi connectivity index (χ4v) is 1.12. The van der Waals surface area contributed by atoms with Crippen LogP contribution in [0.1, 0.15) is 0 Å². The summed E-state index contributed by atoms with van der Waals surface area (Å²) in [5, 5.41) is 1.24. The van der Waals surface area contributed by atoms with Gasteiger partial charge in [0.05, 0.1) is 0 Å². The SMILES string of the molecule is CN1NC(NN)=CC1(OCF)OCF. The predicted octanol–water partition coefficient (Wildman–Crippen LogP) is -0.718. The molecule has 0 amide bonds. The van der Waals surface area contributed by atoms with Crippen molar-refractivity contribution in [1.82, 2.24) is 15.9 Å². The Labute approximate surface area is 79.6 Å². The normalized spacial score (nSPS) is 20.4. The van der Waals surface area contributed by atoms with E-state index >= 15 is 0 Å². The number of alkyl halides is 2. The molecule has 0 saturated heterocycles. The van der Waals surface area contributed by atoms with E-state index in [2.05, 4.69) is 20.3 Å². The van der Waals surface area contributed by atoms with Gasteiger partial charge in [-0.2, -0.15) is 5.01 Å². The van der Waals surface area contributed by atoms with Gasteiger partial charge in [0.1, 0.15) is 5.82 Å². The molecule has 1 aliphatic rings. The Morgan fingerprint density at radius 2 is 2.14 bits per heavy atom. The van der Waals surface area contributed by atoms with Gasteiger partial charge in [-0.15, -0.1) is 0 Å². The third-order valence-electron chi connectivity index (χ3n) is 1.76. The van der Waals surface area contributed by atoms with Crippen molar-refractivity contribution in [3.05, 3.63) is 11.9 Å². The van der Waals surface area contributed by atoms with Gasteiger partial charge in [0.25, 0.3) is 5.91 Å². The van der Waals surface area contributed by atoms with Crippen LogP contribution >= 0.6 is 0 Å². The molecule has 0 fully saturated rings. The lowest BCUT2D eigenvalue weighted by molar-refractivity contribution is -0.306. The average molecular weight is 210 g/mol. The number of hydrogen-bond acceptors (Lipinski definition) is 6. The molecule has 0 radical (unpaired) electrons. The Kier molecular flexibility index (Phi) is 3.58. The van der Waals surface area contributed by atoms with Gasteiger partial charge >= 0.3 is 0 Å². The van der Waals surface area contributed by atoms with Gasteiger partial charge in [-0.05, 0) is 0 Å². The van der Waals surface area contributed by atoms with Crippen LogP contribution < -0.4 is 16.7 Å². The second-order valence-corrected chi connectivity index (χ2v) is 2.51. The third kappa shape index (κ3) is 1.93. The highest BCUT2D eigenvalue weighted by Gasteiger charge is 2.41. The first-order valence-electron chi connectivity index (χ1n) is 3.78. The summed E-state index contributed by atoms with van der Waals surface area (Å²) in [6.45, 7) is -2.22. The minimum absolute atomic E-state index is 0.328. The van der Waals surface area contributed by atoms with Crippen molar-refractivity contribution >= 4 is 0 Å². The van der Waals surface area contributed by atoms with Crippen LogP contribution in [-0.4, -0.2) is 31.7 Å². The van der Waals surface area contributed by atoms with Gasteiger partial charge in [-0.25, -0.2) is 14.6 Å². The molecule has 0 bridgehead atoms. The molecule has 0 aromatic rings. The number of rotatable bonds is 5. The maximum atomic E-state index is 12.1. The second kappa shape index (κ2) is 4.51. The smallest absolute Gasteiger partial charge is 0.276 e. The summed E-state index contributed by atoms with van der Waals surface area (Å²) in [6.07, 6.45) is 1.28. The molecule has 1 aliphatic heterocycles. The molecule has 82 valence electrons. The monoisotopic (exact) mass is 210 g/mol. The number of likely N-dealkylation sites (N-methyl/N-ethyl adjacent to an activating group) is 1. The summed E-state index contributed by atoms with van der Waals surface area (Å²) in [4.78, 5) is 0. The molecule has 0 unspecified atom stereocenters. The summed E-state index contributed by atoms with van der Waals surface area (Å²) < 4.78 is 33.4. The average Bonchev–Trinajstić information content (AvgIpc) is 2.45. The highest BCUT2D eigenvalue weighted by molar-refractivity contribution is 5.09. The zero-order valence-corrected chi connectivity index (χ0v) is 7.59. The number of hydrogen-bond donors (Lipinski definition) is 3. The van der Waals surface area contributed by atoms with Crippen LogP contribution in [0.2, 0.25) is 0 Å². The Morgan fingerprint density at radius 3 is 2.50 bits per heavy atom. The molecule has 0 aromatic heterocycles. The lowest BCUT2D eigenvalue weighted by Crippen LogP contribution is -2.50. The van der Waals surface area contributed by atoms with Gasteiger partial charge in [0, 0.05) is 13.1 Å². The van der Waals surface area contributed by atoms with E-state index in [1.807, 2.05) is 0 Å². The van der Waals surface area contributed by atoms with E-state index in [9.17, 15) is 8.78 Å². The Morgan fingerprint density at radius 1 is 1.57 bits per heavy atom. The zero-order valence-electron chi connectivity index (χ0n) is 7.59. The molecule has 0 aromatic carbocycles. The van der Waals surface area contributed by atoms with Crippen molar-refractivity contribution in [3.63, 3.8) is 0 Å². The largest absolute Gasteiger partial charge is 0.309 e. The topological polar surface area (TPSA) is 71.8 Å². The molecule has 0 aliphatic carbocycles. The number of ether oxygens (including phenoxy) is 2. The van der Waals surface area contributed by atoms with E-state index < -0.39 is 19.6 Å². The molecule has 0 spiro atoms. The predicted molar refractivity (Wildman–Crippen MR) is 43.2 cm³/mol. The Bertz CT molecular complexity index is 220. The maximum Gasteiger partial charge on any atom is 0.276 e. The van der Waals surface area contributed by atoms with Crippen molar-refractivity contribution in [1.29, 1.82) is 0 Å². The van der Waals surface area contributed by atoms with Crippen LogP contribution in [0.3, 0.4) is 0 Å². The number of nitrogens with two attached hydrogens (primary N) is 1. The fourth-order valence-electron chi connectivity index (χ4n) is 1.12. The minimum atomic E-state index is -1.61. The summed E-state index contributed by atoms with van der Waals surface area (Å²) in [5.74, 6) is 3.83. The van der Waals surface area contributed by atoms with E-state index in [0.29, 0.717) is 5.82 Å². The lowest BCUT2D eigenvalue weighted by atomic mass is 10.4. The molecule has 8 heteroatoms. The number of nitrogens with one attached hydrogen (secondary N) is 2. The molecular formula is C6H12F2N4O2. The minimum Gasteiger partial charge on any atom is -0.309 e. The van der Waals surface area contributed by atoms with E-state index in [0.717, 1.165) is 0 Å². The van der Waals surface area contributed by atoms with Crippen LogP contribution in [0.15, 0.2) is 11.9 Å². The molecule has 14 heavy (non-hydrogen) atoms. The van der Waals surface area contributed by atoms with Crippen molar-refractivity contribution < 1.29 is 18.3 Å². The van der Waals surface area contributed by atoms with Gasteiger partial charge in [-0.3, -0.25) is 5.43 Å². The van der Waals surface area contributed by atoms with Crippen LogP contribution in [-0.2, 0) is 9.47 Å². The van der Waals surface area contributed by atoms with E-state index in [1.165, 1.54) is 18.1 Å². The lowest BCUT2D eigenvalue weighted by Gasteiger charge is -2.31. The van der Waals surface area contributed by atoms with Crippen LogP contribution in [0.25, 0.3) is 0 Å². The first-order chi connectivity index (χ1) is 6.68. The number of hydrazine groups is 2. The summed E-state index contributed by atoms with van der Waals surface area (Å²) in [7, 11) is 1.49. The molecule has 0 atom stereocenters. The van der Waals surface area contributed by atoms with Crippen molar-refractivity contribution in [2.45, 2.75) is 5.91 Å². The molecule has 4 N–H and O–H groups in total. The van der Waals surface area contributed by atoms with Crippen LogP contribution in [0.4, 0.5) is 8.78 Å². The van der Waals surface area contributed by atoms with Crippen molar-refractivity contribution in [3.8, 4) is 0 Å². The Balaban J connectivity index is 2.79. The summed E-state index contributed by atoms with van der Waals surface area (Å²) in [6, 6.07) is 0. The first kappa shape index (κ1) is 11.1. The van der Waals surface area contributed by atoms with E-state index in [-0.39, 0.29) is 0 Å². The second-order valence-electron chi connectivity index (χ2n) is 2.51. The third-order valence-corrected chi connectivity index (χ3v) is 1.76. The Hall–Kier alpha value is -0.960. The summed E-state index contributed by atoms with van der Waals surface area (Å²) in [5.41, 5.74) is 4.91. The quantitative estimate of drug-likeness (QED) is 0.316. The highest BCUT2D eigenvalue weighted by atomic mass is 19.1. The van der Waals surface area contributed by atoms with Gasteiger partial charge < -0.3 is 14.9 Å². The maximum absolute atomic E-state index is 12.1. The van der Waals surface area contributed by atoms with Gasteiger partial charge in [0.2, 0.25) is 0 Å². The van der Waals surface area contributed by atoms with Gasteiger partial charge in [-0.1, -0.05) is 0 Å². The summed E-state index contributed by atoms with van der Waals surface area (Å²) >= 11 is 0. The fraction of sp³-hybridized carbons (Fsp3) is 0.667. The number of nitrogens with zero attached hydrogens (tertiary/aromatic N) is 1. The number of halogens is 2. The van der Waals surface area contributed by atoms with E-state index in [1.54, 1.807) is 0 Å². The van der Waals surface area contributed by atoms with Crippen LogP contribution in [0.5, 0.6) is 0 Å². The van der Waals surface area contributed by atoms with Crippen molar-refractivity contribution in [2.75, 3.05) is 20.8 Å². The molecule has 1 rings (SSSR count). The molecule has 6 nitrogen and oxygen atoms in total. The van der Waals surface area contributed by atoms with Gasteiger partial charge in [0.15, 0.2) is 13.7 Å². The first-order valence-corrected chi connectivity index (χ1v) is 3.78. The molecular weight excluding hydrogens is 198 g/mol. The zero-order chi connectivity index (χ0) is 10.6. The molecule has 0 saturated carbocycles.